The molecule has 1 aliphatic rings. The van der Waals surface area contributed by atoms with Gasteiger partial charge in [-0.25, -0.2) is 4.79 Å². The Bertz CT molecular complexity index is 779. The summed E-state index contributed by atoms with van der Waals surface area (Å²) in [4.78, 5) is 49.3. The second-order valence-corrected chi connectivity index (χ2v) is 7.05. The number of nitrogens with one attached hydrogen (secondary N) is 2. The van der Waals surface area contributed by atoms with E-state index in [0.717, 1.165) is 10.5 Å². The van der Waals surface area contributed by atoms with Gasteiger partial charge in [0.1, 0.15) is 12.1 Å². The Kier molecular flexibility index (Phi) is 7.01. The van der Waals surface area contributed by atoms with E-state index in [2.05, 4.69) is 10.6 Å². The van der Waals surface area contributed by atoms with Crippen LogP contribution in [-0.4, -0.2) is 47.4 Å². The maximum atomic E-state index is 12.4. The number of ether oxygens (including phenoxy) is 1. The topological polar surface area (TPSA) is 105 Å². The summed E-state index contributed by atoms with van der Waals surface area (Å²) in [6, 6.07) is 6.07. The smallest absolute Gasteiger partial charge is 0.326 e. The van der Waals surface area contributed by atoms with E-state index in [9.17, 15) is 19.2 Å². The van der Waals surface area contributed by atoms with Crippen LogP contribution in [-0.2, 0) is 19.1 Å². The normalized spacial score (nSPS) is 16.5. The van der Waals surface area contributed by atoms with E-state index in [0.29, 0.717) is 17.9 Å². The first-order valence-electron chi connectivity index (χ1n) is 9.07. The molecule has 8 nitrogen and oxygen atoms in total. The van der Waals surface area contributed by atoms with Crippen LogP contribution >= 0.6 is 11.6 Å². The number of rotatable bonds is 8. The van der Waals surface area contributed by atoms with Crippen LogP contribution in [0, 0.1) is 0 Å². The number of benzene rings is 1. The second-order valence-electron chi connectivity index (χ2n) is 6.62. The fraction of sp³-hybridized carbons (Fsp3) is 0.474. The van der Waals surface area contributed by atoms with Gasteiger partial charge in [0.05, 0.1) is 6.04 Å². The molecule has 2 N–H and O–H groups in total. The third kappa shape index (κ3) is 4.81. The van der Waals surface area contributed by atoms with Gasteiger partial charge in [0.2, 0.25) is 0 Å². The SMILES string of the molecule is CCC1(CC)NC(=O)N(CC(=O)OCC(=O)N[C@@H](C)c2cccc(Cl)c2)C1=O. The highest BCUT2D eigenvalue weighted by atomic mass is 35.5. The van der Waals surface area contributed by atoms with Gasteiger partial charge in [0.25, 0.3) is 11.8 Å². The molecule has 0 radical (unpaired) electrons. The van der Waals surface area contributed by atoms with Gasteiger partial charge in [-0.2, -0.15) is 0 Å². The van der Waals surface area contributed by atoms with Crippen LogP contribution in [0.2, 0.25) is 5.02 Å². The summed E-state index contributed by atoms with van der Waals surface area (Å²) >= 11 is 5.93. The number of carbonyl (C=O) groups is 4. The molecule has 1 heterocycles. The lowest BCUT2D eigenvalue weighted by Crippen LogP contribution is -2.46. The van der Waals surface area contributed by atoms with Crippen LogP contribution in [0.25, 0.3) is 0 Å². The Labute approximate surface area is 168 Å². The van der Waals surface area contributed by atoms with Crippen molar-refractivity contribution < 1.29 is 23.9 Å². The van der Waals surface area contributed by atoms with Crippen molar-refractivity contribution in [2.75, 3.05) is 13.2 Å². The molecule has 2 rings (SSSR count). The number of hydrogen-bond acceptors (Lipinski definition) is 5. The zero-order valence-corrected chi connectivity index (χ0v) is 16.8. The fourth-order valence-corrected chi connectivity index (χ4v) is 3.21. The average molecular weight is 410 g/mol. The number of carbonyl (C=O) groups excluding carboxylic acids is 4. The number of urea groups is 1. The van der Waals surface area contributed by atoms with E-state index < -0.39 is 42.5 Å². The predicted octanol–water partition coefficient (Wildman–Crippen LogP) is 2.17. The molecular formula is C19H24ClN3O5. The predicted molar refractivity (Wildman–Crippen MR) is 103 cm³/mol. The Balaban J connectivity index is 1.84. The van der Waals surface area contributed by atoms with Crippen molar-refractivity contribution in [2.45, 2.75) is 45.2 Å². The summed E-state index contributed by atoms with van der Waals surface area (Å²) in [5, 5.41) is 5.86. The first-order valence-corrected chi connectivity index (χ1v) is 9.44. The summed E-state index contributed by atoms with van der Waals surface area (Å²) in [5.74, 6) is -1.80. The minimum absolute atomic E-state index is 0.328. The average Bonchev–Trinajstić information content (AvgIpc) is 2.91. The molecule has 1 fully saturated rings. The van der Waals surface area contributed by atoms with Crippen molar-refractivity contribution >= 4 is 35.4 Å². The first-order chi connectivity index (χ1) is 13.2. The van der Waals surface area contributed by atoms with Gasteiger partial charge in [0, 0.05) is 5.02 Å². The molecule has 1 atom stereocenters. The molecule has 0 bridgehead atoms. The van der Waals surface area contributed by atoms with E-state index in [-0.39, 0.29) is 6.04 Å². The lowest BCUT2D eigenvalue weighted by Gasteiger charge is -2.22. The van der Waals surface area contributed by atoms with Crippen molar-refractivity contribution in [1.29, 1.82) is 0 Å². The van der Waals surface area contributed by atoms with Crippen LogP contribution < -0.4 is 10.6 Å². The molecule has 1 aromatic carbocycles. The third-order valence-electron chi connectivity index (χ3n) is 4.83. The minimum atomic E-state index is -0.985. The number of amides is 4. The molecule has 0 unspecified atom stereocenters. The van der Waals surface area contributed by atoms with Crippen molar-refractivity contribution in [3.63, 3.8) is 0 Å². The monoisotopic (exact) mass is 409 g/mol. The van der Waals surface area contributed by atoms with Crippen molar-refractivity contribution in [3.05, 3.63) is 34.9 Å². The molecule has 1 aromatic rings. The lowest BCUT2D eigenvalue weighted by atomic mass is 9.93. The summed E-state index contributed by atoms with van der Waals surface area (Å²) < 4.78 is 4.91. The summed E-state index contributed by atoms with van der Waals surface area (Å²) in [7, 11) is 0. The van der Waals surface area contributed by atoms with Gasteiger partial charge < -0.3 is 15.4 Å². The minimum Gasteiger partial charge on any atom is -0.454 e. The molecule has 1 saturated heterocycles. The fourth-order valence-electron chi connectivity index (χ4n) is 3.01. The number of esters is 1. The van der Waals surface area contributed by atoms with Crippen molar-refractivity contribution in [3.8, 4) is 0 Å². The molecule has 1 aliphatic heterocycles. The maximum absolute atomic E-state index is 12.4. The summed E-state index contributed by atoms with van der Waals surface area (Å²) in [6.07, 6.45) is 0.840. The van der Waals surface area contributed by atoms with E-state index in [1.807, 2.05) is 6.07 Å². The van der Waals surface area contributed by atoms with Gasteiger partial charge in [-0.05, 0) is 37.5 Å². The number of halogens is 1. The van der Waals surface area contributed by atoms with Crippen LogP contribution in [0.5, 0.6) is 0 Å². The molecule has 152 valence electrons. The highest BCUT2D eigenvalue weighted by molar-refractivity contribution is 6.30. The molecule has 0 spiro atoms. The number of hydrogen-bond donors (Lipinski definition) is 2. The zero-order chi connectivity index (χ0) is 20.9. The van der Waals surface area contributed by atoms with Gasteiger partial charge in [-0.1, -0.05) is 37.6 Å². The highest BCUT2D eigenvalue weighted by Crippen LogP contribution is 2.24. The molecule has 0 saturated carbocycles. The Morgan fingerprint density at radius 3 is 2.54 bits per heavy atom. The molecule has 0 aliphatic carbocycles. The van der Waals surface area contributed by atoms with Crippen LogP contribution in [0.4, 0.5) is 4.79 Å². The van der Waals surface area contributed by atoms with Crippen LogP contribution in [0.15, 0.2) is 24.3 Å². The standard InChI is InChI=1S/C19H24ClN3O5/c1-4-19(5-2)17(26)23(18(27)22-19)10-16(25)28-11-15(24)21-12(3)13-7-6-8-14(20)9-13/h6-9,12H,4-5,10-11H2,1-3H3,(H,21,24)(H,22,27)/t12-/m0/s1. The van der Waals surface area contributed by atoms with E-state index in [1.54, 1.807) is 39.0 Å². The van der Waals surface area contributed by atoms with E-state index in [1.165, 1.54) is 0 Å². The lowest BCUT2D eigenvalue weighted by molar-refractivity contribution is -0.151. The summed E-state index contributed by atoms with van der Waals surface area (Å²) in [5.41, 5.74) is -0.178. The van der Waals surface area contributed by atoms with Gasteiger partial charge in [-0.3, -0.25) is 19.3 Å². The quantitative estimate of drug-likeness (QED) is 0.505. The van der Waals surface area contributed by atoms with Crippen molar-refractivity contribution in [2.24, 2.45) is 0 Å². The van der Waals surface area contributed by atoms with E-state index >= 15 is 0 Å². The van der Waals surface area contributed by atoms with Gasteiger partial charge in [0.15, 0.2) is 6.61 Å². The molecule has 9 heteroatoms. The molecular weight excluding hydrogens is 386 g/mol. The number of imide groups is 1. The number of nitrogens with zero attached hydrogens (tertiary/aromatic N) is 1. The van der Waals surface area contributed by atoms with Crippen molar-refractivity contribution in [1.82, 2.24) is 15.5 Å². The Morgan fingerprint density at radius 2 is 1.96 bits per heavy atom. The largest absolute Gasteiger partial charge is 0.454 e. The van der Waals surface area contributed by atoms with Crippen LogP contribution in [0.3, 0.4) is 0 Å². The Morgan fingerprint density at radius 1 is 1.29 bits per heavy atom. The summed E-state index contributed by atoms with van der Waals surface area (Å²) in [6.45, 7) is 4.29. The molecule has 28 heavy (non-hydrogen) atoms. The highest BCUT2D eigenvalue weighted by Gasteiger charge is 2.49. The van der Waals surface area contributed by atoms with Gasteiger partial charge in [-0.15, -0.1) is 0 Å². The maximum Gasteiger partial charge on any atom is 0.326 e. The Hall–Kier alpha value is -2.61. The first kappa shape index (κ1) is 21.7. The molecule has 0 aromatic heterocycles. The second kappa shape index (κ2) is 9.05. The van der Waals surface area contributed by atoms with Crippen LogP contribution in [0.1, 0.15) is 45.2 Å². The third-order valence-corrected chi connectivity index (χ3v) is 5.07. The van der Waals surface area contributed by atoms with Gasteiger partial charge >= 0.3 is 12.0 Å². The molecule has 4 amide bonds. The zero-order valence-electron chi connectivity index (χ0n) is 16.1. The van der Waals surface area contributed by atoms with E-state index in [4.69, 9.17) is 16.3 Å².